The van der Waals surface area contributed by atoms with Gasteiger partial charge in [-0.05, 0) is 24.6 Å². The van der Waals surface area contributed by atoms with Crippen LogP contribution in [0.4, 0.5) is 19.0 Å². The number of carbonyl (C=O) groups is 2. The molecule has 1 unspecified atom stereocenters. The Bertz CT molecular complexity index is 1240. The molecular weight excluding hydrogens is 491 g/mol. The SMILES string of the molecule is CC(c1cnc(OCCC(F)(F)F)c(Cl)c1)N1Cc2c(ccnc2NC(=O)Cc2cocn2)C1=O. The minimum atomic E-state index is -4.35. The lowest BCUT2D eigenvalue weighted by Gasteiger charge is -2.25. The lowest BCUT2D eigenvalue weighted by molar-refractivity contribution is -0.139. The van der Waals surface area contributed by atoms with Crippen LogP contribution in [0.5, 0.6) is 5.88 Å². The molecule has 13 heteroatoms. The molecule has 1 N–H and O–H groups in total. The summed E-state index contributed by atoms with van der Waals surface area (Å²) in [4.78, 5) is 39.1. The van der Waals surface area contributed by atoms with E-state index < -0.39 is 25.2 Å². The van der Waals surface area contributed by atoms with Crippen LogP contribution >= 0.6 is 11.6 Å². The van der Waals surface area contributed by atoms with E-state index >= 15 is 0 Å². The second-order valence-electron chi connectivity index (χ2n) is 7.77. The van der Waals surface area contributed by atoms with Crippen molar-refractivity contribution in [2.75, 3.05) is 11.9 Å². The molecule has 3 aromatic heterocycles. The molecule has 1 aliphatic heterocycles. The first kappa shape index (κ1) is 24.5. The van der Waals surface area contributed by atoms with Gasteiger partial charge < -0.3 is 19.4 Å². The van der Waals surface area contributed by atoms with Crippen LogP contribution in [-0.4, -0.2) is 44.4 Å². The summed E-state index contributed by atoms with van der Waals surface area (Å²) in [7, 11) is 0. The summed E-state index contributed by atoms with van der Waals surface area (Å²) < 4.78 is 46.9. The van der Waals surface area contributed by atoms with Gasteiger partial charge in [0.1, 0.15) is 17.1 Å². The Labute approximate surface area is 202 Å². The van der Waals surface area contributed by atoms with Crippen LogP contribution in [0.15, 0.2) is 41.6 Å². The fraction of sp³-hybridized carbons (Fsp3) is 0.318. The number of pyridine rings is 2. The molecule has 4 rings (SSSR count). The Morgan fingerprint density at radius 3 is 2.83 bits per heavy atom. The quantitative estimate of drug-likeness (QED) is 0.480. The highest BCUT2D eigenvalue weighted by atomic mass is 35.5. The van der Waals surface area contributed by atoms with Crippen molar-refractivity contribution in [1.82, 2.24) is 19.9 Å². The maximum Gasteiger partial charge on any atom is 0.392 e. The highest BCUT2D eigenvalue weighted by Crippen LogP contribution is 2.35. The molecule has 0 aliphatic carbocycles. The van der Waals surface area contributed by atoms with Crippen LogP contribution in [0.2, 0.25) is 5.02 Å². The van der Waals surface area contributed by atoms with Crippen LogP contribution in [0.1, 0.15) is 46.6 Å². The summed E-state index contributed by atoms with van der Waals surface area (Å²) in [6.07, 6.45) is -0.0821. The van der Waals surface area contributed by atoms with Crippen molar-refractivity contribution in [2.45, 2.75) is 38.5 Å². The zero-order valence-corrected chi connectivity index (χ0v) is 19.1. The highest BCUT2D eigenvalue weighted by Gasteiger charge is 2.34. The van der Waals surface area contributed by atoms with Gasteiger partial charge in [0.15, 0.2) is 6.39 Å². The zero-order valence-electron chi connectivity index (χ0n) is 18.3. The molecule has 4 heterocycles. The van der Waals surface area contributed by atoms with E-state index in [4.69, 9.17) is 20.8 Å². The van der Waals surface area contributed by atoms with Gasteiger partial charge in [0.2, 0.25) is 11.8 Å². The molecule has 0 spiro atoms. The number of carbonyl (C=O) groups excluding carboxylic acids is 2. The van der Waals surface area contributed by atoms with E-state index in [1.165, 1.54) is 31.1 Å². The van der Waals surface area contributed by atoms with E-state index in [0.29, 0.717) is 22.4 Å². The number of nitrogens with zero attached hydrogens (tertiary/aromatic N) is 4. The second kappa shape index (κ2) is 9.90. The second-order valence-corrected chi connectivity index (χ2v) is 8.18. The molecule has 3 aromatic rings. The van der Waals surface area contributed by atoms with Crippen molar-refractivity contribution in [1.29, 1.82) is 0 Å². The molecule has 184 valence electrons. The molecule has 0 saturated heterocycles. The fourth-order valence-electron chi connectivity index (χ4n) is 3.55. The molecule has 0 bridgehead atoms. The molecule has 2 amide bonds. The summed E-state index contributed by atoms with van der Waals surface area (Å²) >= 11 is 6.16. The normalized spacial score (nSPS) is 14.1. The van der Waals surface area contributed by atoms with Crippen molar-refractivity contribution >= 4 is 29.2 Å². The number of alkyl halides is 3. The molecule has 9 nitrogen and oxygen atoms in total. The number of halogens is 4. The highest BCUT2D eigenvalue weighted by molar-refractivity contribution is 6.31. The third-order valence-electron chi connectivity index (χ3n) is 5.36. The first-order valence-corrected chi connectivity index (χ1v) is 10.8. The number of aromatic nitrogens is 3. The van der Waals surface area contributed by atoms with Crippen molar-refractivity contribution in [2.24, 2.45) is 0 Å². The van der Waals surface area contributed by atoms with Crippen LogP contribution in [0, 0.1) is 0 Å². The third kappa shape index (κ3) is 5.70. The number of hydrogen-bond donors (Lipinski definition) is 1. The predicted molar refractivity (Wildman–Crippen MR) is 117 cm³/mol. The monoisotopic (exact) mass is 509 g/mol. The van der Waals surface area contributed by atoms with Crippen LogP contribution < -0.4 is 10.1 Å². The number of amides is 2. The third-order valence-corrected chi connectivity index (χ3v) is 5.63. The van der Waals surface area contributed by atoms with Crippen molar-refractivity contribution < 1.29 is 31.9 Å². The standard InChI is InChI=1S/C22H19ClF3N5O4/c1-12(13-6-17(23)20(28-8-13)35-5-3-22(24,25)26)31-9-16-15(21(31)33)2-4-27-19(16)30-18(32)7-14-10-34-11-29-14/h2,4,6,8,10-12H,3,5,7,9H2,1H3,(H,27,30,32). The van der Waals surface area contributed by atoms with Gasteiger partial charge >= 0.3 is 6.18 Å². The minimum absolute atomic E-state index is 0.0164. The van der Waals surface area contributed by atoms with E-state index in [9.17, 15) is 22.8 Å². The van der Waals surface area contributed by atoms with Gasteiger partial charge in [-0.25, -0.2) is 15.0 Å². The summed E-state index contributed by atoms with van der Waals surface area (Å²) in [6.45, 7) is 1.32. The molecule has 0 saturated carbocycles. The topological polar surface area (TPSA) is 110 Å². The predicted octanol–water partition coefficient (Wildman–Crippen LogP) is 4.35. The van der Waals surface area contributed by atoms with E-state index in [1.54, 1.807) is 17.9 Å². The largest absolute Gasteiger partial charge is 0.476 e. The first-order valence-electron chi connectivity index (χ1n) is 10.4. The maximum absolute atomic E-state index is 13.1. The molecule has 1 atom stereocenters. The minimum Gasteiger partial charge on any atom is -0.476 e. The number of ether oxygens (including phenoxy) is 1. The number of rotatable bonds is 8. The number of hydrogen-bond acceptors (Lipinski definition) is 7. The molecule has 35 heavy (non-hydrogen) atoms. The average molecular weight is 510 g/mol. The molecular formula is C22H19ClF3N5O4. The number of oxazole rings is 1. The Balaban J connectivity index is 1.45. The number of fused-ring (bicyclic) bond motifs is 1. The van der Waals surface area contributed by atoms with Gasteiger partial charge in [-0.15, -0.1) is 0 Å². The van der Waals surface area contributed by atoms with Gasteiger partial charge in [0.05, 0.1) is 37.7 Å². The van der Waals surface area contributed by atoms with Crippen molar-refractivity contribution in [3.63, 3.8) is 0 Å². The maximum atomic E-state index is 13.1. The molecule has 0 radical (unpaired) electrons. The molecule has 1 aliphatic rings. The summed E-state index contributed by atoms with van der Waals surface area (Å²) in [5, 5.41) is 2.74. The summed E-state index contributed by atoms with van der Waals surface area (Å²) in [6, 6.07) is 2.58. The van der Waals surface area contributed by atoms with Crippen LogP contribution in [-0.2, 0) is 17.8 Å². The number of anilines is 1. The summed E-state index contributed by atoms with van der Waals surface area (Å²) in [5.74, 6) is -0.493. The van der Waals surface area contributed by atoms with Gasteiger partial charge in [-0.1, -0.05) is 11.6 Å². The fourth-order valence-corrected chi connectivity index (χ4v) is 3.78. The van der Waals surface area contributed by atoms with Crippen LogP contribution in [0.25, 0.3) is 0 Å². The molecule has 0 aromatic carbocycles. The van der Waals surface area contributed by atoms with Gasteiger partial charge in [-0.3, -0.25) is 9.59 Å². The van der Waals surface area contributed by atoms with Crippen molar-refractivity contribution in [3.8, 4) is 5.88 Å². The lowest BCUT2D eigenvalue weighted by Crippen LogP contribution is -2.27. The smallest absolute Gasteiger partial charge is 0.392 e. The Morgan fingerprint density at radius 1 is 1.34 bits per heavy atom. The van der Waals surface area contributed by atoms with Gasteiger partial charge in [0.25, 0.3) is 5.91 Å². The van der Waals surface area contributed by atoms with E-state index in [1.807, 2.05) is 0 Å². The molecule has 0 fully saturated rings. The van der Waals surface area contributed by atoms with Gasteiger partial charge in [0, 0.05) is 23.5 Å². The Morgan fingerprint density at radius 2 is 2.14 bits per heavy atom. The van der Waals surface area contributed by atoms with E-state index in [0.717, 1.165) is 0 Å². The summed E-state index contributed by atoms with van der Waals surface area (Å²) in [5.41, 5.74) is 1.97. The lowest BCUT2D eigenvalue weighted by atomic mass is 10.1. The number of nitrogens with one attached hydrogen (secondary N) is 1. The zero-order chi connectivity index (χ0) is 25.2. The van der Waals surface area contributed by atoms with E-state index in [2.05, 4.69) is 20.3 Å². The van der Waals surface area contributed by atoms with Gasteiger partial charge in [-0.2, -0.15) is 13.2 Å². The first-order chi connectivity index (χ1) is 16.6. The van der Waals surface area contributed by atoms with Crippen molar-refractivity contribution in [3.05, 3.63) is 64.6 Å². The Kier molecular flexibility index (Phi) is 6.92. The van der Waals surface area contributed by atoms with E-state index in [-0.39, 0.29) is 41.5 Å². The Hall–Kier alpha value is -3.67. The average Bonchev–Trinajstić information content (AvgIpc) is 3.42. The van der Waals surface area contributed by atoms with Crippen LogP contribution in [0.3, 0.4) is 0 Å².